The molecule has 0 aliphatic carbocycles. The van der Waals surface area contributed by atoms with Crippen LogP contribution in [0.25, 0.3) is 5.69 Å². The minimum absolute atomic E-state index is 0.368. The van der Waals surface area contributed by atoms with Crippen molar-refractivity contribution in [2.75, 3.05) is 7.11 Å². The van der Waals surface area contributed by atoms with Crippen LogP contribution in [0.5, 0.6) is 0 Å². The van der Waals surface area contributed by atoms with Gasteiger partial charge in [0.25, 0.3) is 5.56 Å². The maximum Gasteiger partial charge on any atom is 0.337 e. The van der Waals surface area contributed by atoms with Crippen molar-refractivity contribution >= 4 is 5.97 Å². The third kappa shape index (κ3) is 2.33. The number of aromatic nitrogens is 2. The minimum Gasteiger partial charge on any atom is -0.465 e. The van der Waals surface area contributed by atoms with E-state index in [1.165, 1.54) is 31.0 Å². The van der Waals surface area contributed by atoms with E-state index in [1.807, 2.05) is 0 Å². The van der Waals surface area contributed by atoms with E-state index < -0.39 is 11.7 Å². The predicted octanol–water partition coefficient (Wildman–Crippen LogP) is 0.323. The van der Waals surface area contributed by atoms with Crippen LogP contribution in [0.15, 0.2) is 46.1 Å². The molecule has 0 saturated heterocycles. The first-order valence-corrected chi connectivity index (χ1v) is 5.52. The van der Waals surface area contributed by atoms with Crippen molar-refractivity contribution in [3.8, 4) is 5.69 Å². The van der Waals surface area contributed by atoms with E-state index >= 15 is 0 Å². The summed E-state index contributed by atoms with van der Waals surface area (Å²) in [5.74, 6) is -0.445. The van der Waals surface area contributed by atoms with Gasteiger partial charge in [-0.25, -0.2) is 9.59 Å². The van der Waals surface area contributed by atoms with Gasteiger partial charge in [-0.15, -0.1) is 0 Å². The Morgan fingerprint density at radius 3 is 2.32 bits per heavy atom. The number of benzene rings is 1. The number of nitrogens with zero attached hydrogens (tertiary/aromatic N) is 2. The van der Waals surface area contributed by atoms with Crippen molar-refractivity contribution in [1.29, 1.82) is 0 Å². The van der Waals surface area contributed by atoms with Crippen LogP contribution in [0, 0.1) is 0 Å². The quantitative estimate of drug-likeness (QED) is 0.729. The Labute approximate surface area is 108 Å². The molecule has 19 heavy (non-hydrogen) atoms. The number of hydrogen-bond acceptors (Lipinski definition) is 4. The van der Waals surface area contributed by atoms with Gasteiger partial charge in [0.1, 0.15) is 0 Å². The van der Waals surface area contributed by atoms with Gasteiger partial charge in [-0.2, -0.15) is 0 Å². The fourth-order valence-corrected chi connectivity index (χ4v) is 1.64. The molecule has 0 aliphatic heterocycles. The molecular formula is C13H12N2O4. The van der Waals surface area contributed by atoms with Crippen LogP contribution < -0.4 is 11.2 Å². The van der Waals surface area contributed by atoms with Gasteiger partial charge in [0, 0.05) is 19.3 Å². The van der Waals surface area contributed by atoms with Crippen LogP contribution in [0.4, 0.5) is 0 Å². The highest BCUT2D eigenvalue weighted by Gasteiger charge is 2.07. The maximum absolute atomic E-state index is 11.9. The number of hydrogen-bond donors (Lipinski definition) is 0. The molecule has 0 spiro atoms. The Morgan fingerprint density at radius 2 is 1.74 bits per heavy atom. The van der Waals surface area contributed by atoms with Crippen molar-refractivity contribution < 1.29 is 9.53 Å². The Balaban J connectivity index is 2.49. The molecule has 0 fully saturated rings. The zero-order valence-electron chi connectivity index (χ0n) is 10.5. The van der Waals surface area contributed by atoms with Crippen LogP contribution in [-0.2, 0) is 11.8 Å². The van der Waals surface area contributed by atoms with Gasteiger partial charge in [0.15, 0.2) is 0 Å². The standard InChI is InChI=1S/C13H12N2O4/c1-14-11(16)7-8-15(13(14)18)10-5-3-9(4-6-10)12(17)19-2/h3-8H,1-2H3. The van der Waals surface area contributed by atoms with Crippen molar-refractivity contribution in [3.05, 3.63) is 62.9 Å². The molecule has 0 aliphatic rings. The van der Waals surface area contributed by atoms with Gasteiger partial charge in [0.05, 0.1) is 18.4 Å². The number of ether oxygens (including phenoxy) is 1. The summed E-state index contributed by atoms with van der Waals surface area (Å²) in [6.45, 7) is 0. The number of carbonyl (C=O) groups is 1. The van der Waals surface area contributed by atoms with Crippen molar-refractivity contribution in [1.82, 2.24) is 9.13 Å². The fraction of sp³-hybridized carbons (Fsp3) is 0.154. The monoisotopic (exact) mass is 260 g/mol. The normalized spacial score (nSPS) is 10.2. The molecule has 2 rings (SSSR count). The van der Waals surface area contributed by atoms with Crippen LogP contribution in [0.3, 0.4) is 0 Å². The molecule has 0 bridgehead atoms. The Morgan fingerprint density at radius 1 is 1.11 bits per heavy atom. The van der Waals surface area contributed by atoms with Gasteiger partial charge >= 0.3 is 11.7 Å². The molecule has 98 valence electrons. The topological polar surface area (TPSA) is 70.3 Å². The summed E-state index contributed by atoms with van der Waals surface area (Å²) in [6, 6.07) is 7.63. The molecule has 0 radical (unpaired) electrons. The lowest BCUT2D eigenvalue weighted by atomic mass is 10.2. The number of methoxy groups -OCH3 is 1. The van der Waals surface area contributed by atoms with Gasteiger partial charge in [-0.1, -0.05) is 0 Å². The lowest BCUT2D eigenvalue weighted by molar-refractivity contribution is 0.0601. The summed E-state index contributed by atoms with van der Waals surface area (Å²) in [7, 11) is 2.71. The van der Waals surface area contributed by atoms with Gasteiger partial charge in [0.2, 0.25) is 0 Å². The van der Waals surface area contributed by atoms with Gasteiger partial charge in [-0.05, 0) is 24.3 Å². The summed E-state index contributed by atoms with van der Waals surface area (Å²) in [6.07, 6.45) is 1.40. The molecule has 0 saturated carbocycles. The highest BCUT2D eigenvalue weighted by Crippen LogP contribution is 2.08. The fourth-order valence-electron chi connectivity index (χ4n) is 1.64. The Hall–Kier alpha value is -2.63. The third-order valence-corrected chi connectivity index (χ3v) is 2.76. The van der Waals surface area contributed by atoms with Crippen LogP contribution >= 0.6 is 0 Å². The van der Waals surface area contributed by atoms with E-state index in [0.717, 1.165) is 4.57 Å². The molecule has 1 aromatic heterocycles. The van der Waals surface area contributed by atoms with Crippen LogP contribution in [0.1, 0.15) is 10.4 Å². The number of rotatable bonds is 2. The van der Waals surface area contributed by atoms with Crippen LogP contribution in [-0.4, -0.2) is 22.2 Å². The molecule has 0 amide bonds. The molecule has 6 nitrogen and oxygen atoms in total. The molecular weight excluding hydrogens is 248 g/mol. The van der Waals surface area contributed by atoms with Gasteiger partial charge in [-0.3, -0.25) is 13.9 Å². The highest BCUT2D eigenvalue weighted by molar-refractivity contribution is 5.89. The van der Waals surface area contributed by atoms with Crippen molar-refractivity contribution in [2.24, 2.45) is 7.05 Å². The summed E-state index contributed by atoms with van der Waals surface area (Å²) >= 11 is 0. The van der Waals surface area contributed by atoms with E-state index in [2.05, 4.69) is 4.74 Å². The Kier molecular flexibility index (Phi) is 3.33. The zero-order valence-corrected chi connectivity index (χ0v) is 10.5. The SMILES string of the molecule is COC(=O)c1ccc(-n2ccc(=O)n(C)c2=O)cc1. The minimum atomic E-state index is -0.446. The van der Waals surface area contributed by atoms with E-state index in [0.29, 0.717) is 11.3 Å². The van der Waals surface area contributed by atoms with E-state index in [9.17, 15) is 14.4 Å². The first-order valence-electron chi connectivity index (χ1n) is 5.52. The lowest BCUT2D eigenvalue weighted by Gasteiger charge is -2.07. The van der Waals surface area contributed by atoms with Gasteiger partial charge < -0.3 is 4.74 Å². The second-order valence-corrected chi connectivity index (χ2v) is 3.90. The van der Waals surface area contributed by atoms with Crippen LogP contribution in [0.2, 0.25) is 0 Å². The third-order valence-electron chi connectivity index (χ3n) is 2.76. The molecule has 0 unspecified atom stereocenters. The largest absolute Gasteiger partial charge is 0.465 e. The number of carbonyl (C=O) groups excluding carboxylic acids is 1. The van der Waals surface area contributed by atoms with Crippen molar-refractivity contribution in [3.63, 3.8) is 0 Å². The van der Waals surface area contributed by atoms with Crippen molar-refractivity contribution in [2.45, 2.75) is 0 Å². The smallest absolute Gasteiger partial charge is 0.337 e. The van der Waals surface area contributed by atoms with E-state index in [1.54, 1.807) is 24.3 Å². The second kappa shape index (κ2) is 4.93. The Bertz CT molecular complexity index is 726. The molecule has 6 heteroatoms. The molecule has 2 aromatic rings. The van der Waals surface area contributed by atoms with E-state index in [-0.39, 0.29) is 5.56 Å². The first kappa shape index (κ1) is 12.8. The molecule has 1 aromatic carbocycles. The average molecular weight is 260 g/mol. The predicted molar refractivity (Wildman–Crippen MR) is 68.6 cm³/mol. The average Bonchev–Trinajstić information content (AvgIpc) is 2.44. The summed E-state index contributed by atoms with van der Waals surface area (Å²) < 4.78 is 6.92. The molecule has 0 atom stereocenters. The number of esters is 1. The lowest BCUT2D eigenvalue weighted by Crippen LogP contribution is -2.36. The second-order valence-electron chi connectivity index (χ2n) is 3.90. The molecule has 0 N–H and O–H groups in total. The maximum atomic E-state index is 11.9. The van der Waals surface area contributed by atoms with E-state index in [4.69, 9.17) is 0 Å². The highest BCUT2D eigenvalue weighted by atomic mass is 16.5. The summed E-state index contributed by atoms with van der Waals surface area (Å²) in [5, 5.41) is 0. The molecule has 1 heterocycles. The zero-order chi connectivity index (χ0) is 14.0. The summed E-state index contributed by atoms with van der Waals surface area (Å²) in [5.41, 5.74) is 0.142. The summed E-state index contributed by atoms with van der Waals surface area (Å²) in [4.78, 5) is 34.5. The first-order chi connectivity index (χ1) is 9.04.